The quantitative estimate of drug-likeness (QED) is 0.480. The van der Waals surface area contributed by atoms with Gasteiger partial charge in [0.2, 0.25) is 15.9 Å². The molecule has 0 spiro atoms. The van der Waals surface area contributed by atoms with Crippen LogP contribution in [0.4, 0.5) is 10.8 Å². The molecule has 4 rings (SSSR count). The van der Waals surface area contributed by atoms with Crippen molar-refractivity contribution in [1.29, 1.82) is 0 Å². The lowest BCUT2D eigenvalue weighted by Crippen LogP contribution is -2.44. The number of unbranched alkanes of at least 4 members (excludes halogenated alkanes) is 1. The highest BCUT2D eigenvalue weighted by Crippen LogP contribution is 2.37. The summed E-state index contributed by atoms with van der Waals surface area (Å²) in [4.78, 5) is 20.3. The van der Waals surface area contributed by atoms with Gasteiger partial charge in [0.15, 0.2) is 5.13 Å². The average Bonchev–Trinajstić information content (AvgIpc) is 3.23. The molecule has 2 aromatic carbocycles. The van der Waals surface area contributed by atoms with Crippen molar-refractivity contribution >= 4 is 48.3 Å². The second-order valence-electron chi connectivity index (χ2n) is 8.27. The van der Waals surface area contributed by atoms with Crippen LogP contribution in [0.3, 0.4) is 0 Å². The van der Waals surface area contributed by atoms with E-state index < -0.39 is 10.0 Å². The number of para-hydroxylation sites is 2. The topological polar surface area (TPSA) is 70.6 Å². The molecule has 8 heteroatoms. The molecule has 0 bridgehead atoms. The third kappa shape index (κ3) is 4.72. The van der Waals surface area contributed by atoms with E-state index in [-0.39, 0.29) is 17.6 Å². The van der Waals surface area contributed by atoms with Crippen LogP contribution < -0.4 is 4.90 Å². The van der Waals surface area contributed by atoms with Gasteiger partial charge < -0.3 is 0 Å². The summed E-state index contributed by atoms with van der Waals surface area (Å²) in [5.74, 6) is -0.0633. The number of carbonyl (C=O) groups is 1. The highest BCUT2D eigenvalue weighted by atomic mass is 32.2. The van der Waals surface area contributed by atoms with Crippen molar-refractivity contribution in [2.45, 2.75) is 39.5 Å². The summed E-state index contributed by atoms with van der Waals surface area (Å²) in [6.45, 7) is 4.77. The molecule has 6 nitrogen and oxygen atoms in total. The molecule has 32 heavy (non-hydrogen) atoms. The summed E-state index contributed by atoms with van der Waals surface area (Å²) >= 11 is 1.50. The highest BCUT2D eigenvalue weighted by molar-refractivity contribution is 7.89. The smallest absolute Gasteiger partial charge is 0.236 e. The van der Waals surface area contributed by atoms with E-state index in [4.69, 9.17) is 4.98 Å². The van der Waals surface area contributed by atoms with E-state index in [1.165, 1.54) is 11.3 Å². The zero-order valence-corrected chi connectivity index (χ0v) is 20.2. The van der Waals surface area contributed by atoms with Gasteiger partial charge in [-0.1, -0.05) is 55.0 Å². The minimum absolute atomic E-state index is 0.0102. The Hall–Kier alpha value is -2.29. The molecule has 0 saturated carbocycles. The standard InChI is InChI=1S/C24H29N3O3S2/c1-3-4-17-32(29,30)26-15-13-19(14-16-26)23(28)27(21-11-7-5-9-18(21)2)24-25-20-10-6-8-12-22(20)31-24/h5-12,19H,3-4,13-17H2,1-2H3. The summed E-state index contributed by atoms with van der Waals surface area (Å²) in [6.07, 6.45) is 2.57. The molecule has 170 valence electrons. The van der Waals surface area contributed by atoms with Gasteiger partial charge in [0.1, 0.15) is 0 Å². The van der Waals surface area contributed by atoms with Crippen molar-refractivity contribution in [1.82, 2.24) is 9.29 Å². The molecule has 1 aromatic heterocycles. The maximum atomic E-state index is 13.8. The Balaban J connectivity index is 1.60. The molecule has 1 aliphatic heterocycles. The lowest BCUT2D eigenvalue weighted by molar-refractivity contribution is -0.122. The SMILES string of the molecule is CCCCS(=O)(=O)N1CCC(C(=O)N(c2nc3ccccc3s2)c2ccccc2C)CC1. The van der Waals surface area contributed by atoms with Gasteiger partial charge in [-0.25, -0.2) is 17.7 Å². The summed E-state index contributed by atoms with van der Waals surface area (Å²) in [6, 6.07) is 15.7. The van der Waals surface area contributed by atoms with E-state index in [2.05, 4.69) is 0 Å². The van der Waals surface area contributed by atoms with Gasteiger partial charge in [0, 0.05) is 19.0 Å². The number of rotatable bonds is 7. The minimum atomic E-state index is -3.25. The van der Waals surface area contributed by atoms with E-state index in [0.717, 1.165) is 27.9 Å². The molecule has 0 aliphatic carbocycles. The Morgan fingerprint density at radius 3 is 2.50 bits per heavy atom. The fourth-order valence-electron chi connectivity index (χ4n) is 4.11. The molecule has 0 N–H and O–H groups in total. The maximum Gasteiger partial charge on any atom is 0.236 e. The number of aryl methyl sites for hydroxylation is 1. The van der Waals surface area contributed by atoms with Crippen molar-refractivity contribution in [2.75, 3.05) is 23.7 Å². The van der Waals surface area contributed by atoms with Crippen LogP contribution in [0.2, 0.25) is 0 Å². The number of hydrogen-bond acceptors (Lipinski definition) is 5. The van der Waals surface area contributed by atoms with Gasteiger partial charge >= 0.3 is 0 Å². The number of fused-ring (bicyclic) bond motifs is 1. The zero-order valence-electron chi connectivity index (χ0n) is 18.5. The Morgan fingerprint density at radius 1 is 1.12 bits per heavy atom. The van der Waals surface area contributed by atoms with E-state index in [1.54, 1.807) is 9.21 Å². The van der Waals surface area contributed by atoms with Gasteiger partial charge in [-0.2, -0.15) is 0 Å². The number of sulfonamides is 1. The molecule has 1 fully saturated rings. The van der Waals surface area contributed by atoms with Crippen LogP contribution in [0, 0.1) is 12.8 Å². The first kappa shape index (κ1) is 22.9. The molecule has 1 amide bonds. The highest BCUT2D eigenvalue weighted by Gasteiger charge is 2.35. The lowest BCUT2D eigenvalue weighted by Gasteiger charge is -2.33. The number of anilines is 2. The second-order valence-corrected chi connectivity index (χ2v) is 11.4. The number of thiazole rings is 1. The molecule has 3 aromatic rings. The van der Waals surface area contributed by atoms with E-state index in [9.17, 15) is 13.2 Å². The van der Waals surface area contributed by atoms with Crippen LogP contribution in [-0.2, 0) is 14.8 Å². The average molecular weight is 472 g/mol. The molecule has 0 atom stereocenters. The van der Waals surface area contributed by atoms with Crippen LogP contribution in [0.25, 0.3) is 10.2 Å². The van der Waals surface area contributed by atoms with E-state index >= 15 is 0 Å². The van der Waals surface area contributed by atoms with Crippen molar-refractivity contribution < 1.29 is 13.2 Å². The fourth-order valence-corrected chi connectivity index (χ4v) is 6.77. The van der Waals surface area contributed by atoms with Crippen LogP contribution in [-0.4, -0.2) is 42.5 Å². The summed E-state index contributed by atoms with van der Waals surface area (Å²) < 4.78 is 27.7. The predicted octanol–water partition coefficient (Wildman–Crippen LogP) is 5.11. The number of nitrogens with zero attached hydrogens (tertiary/aromatic N) is 3. The number of carbonyl (C=O) groups excluding carboxylic acids is 1. The molecule has 1 aliphatic rings. The largest absolute Gasteiger partial charge is 0.274 e. The number of benzene rings is 2. The van der Waals surface area contributed by atoms with Crippen molar-refractivity contribution in [3.05, 3.63) is 54.1 Å². The van der Waals surface area contributed by atoms with Gasteiger partial charge in [-0.05, 0) is 49.9 Å². The van der Waals surface area contributed by atoms with Crippen LogP contribution >= 0.6 is 11.3 Å². The molecular formula is C24H29N3O3S2. The van der Waals surface area contributed by atoms with Crippen LogP contribution in [0.15, 0.2) is 48.5 Å². The summed E-state index contributed by atoms with van der Waals surface area (Å²) in [5.41, 5.74) is 2.70. The first-order chi connectivity index (χ1) is 15.4. The normalized spacial score (nSPS) is 15.8. The molecule has 2 heterocycles. The molecular weight excluding hydrogens is 442 g/mol. The minimum Gasteiger partial charge on any atom is -0.274 e. The van der Waals surface area contributed by atoms with E-state index in [1.807, 2.05) is 62.4 Å². The van der Waals surface area contributed by atoms with Gasteiger partial charge in [-0.15, -0.1) is 0 Å². The molecule has 0 unspecified atom stereocenters. The van der Waals surface area contributed by atoms with E-state index in [0.29, 0.717) is 37.5 Å². The number of piperidine rings is 1. The summed E-state index contributed by atoms with van der Waals surface area (Å²) in [5, 5.41) is 0.656. The maximum absolute atomic E-state index is 13.8. The Morgan fingerprint density at radius 2 is 1.81 bits per heavy atom. The molecule has 1 saturated heterocycles. The van der Waals surface area contributed by atoms with Gasteiger partial charge in [0.25, 0.3) is 0 Å². The monoisotopic (exact) mass is 471 g/mol. The van der Waals surface area contributed by atoms with Gasteiger partial charge in [-0.3, -0.25) is 9.69 Å². The zero-order chi connectivity index (χ0) is 22.7. The van der Waals surface area contributed by atoms with Crippen molar-refractivity contribution in [2.24, 2.45) is 5.92 Å². The van der Waals surface area contributed by atoms with Crippen molar-refractivity contribution in [3.63, 3.8) is 0 Å². The van der Waals surface area contributed by atoms with Crippen molar-refractivity contribution in [3.8, 4) is 0 Å². The number of hydrogen-bond donors (Lipinski definition) is 0. The van der Waals surface area contributed by atoms with Crippen LogP contribution in [0.5, 0.6) is 0 Å². The number of amides is 1. The van der Waals surface area contributed by atoms with Gasteiger partial charge in [0.05, 0.1) is 21.7 Å². The Bertz CT molecular complexity index is 1160. The van der Waals surface area contributed by atoms with Crippen LogP contribution in [0.1, 0.15) is 38.2 Å². The summed E-state index contributed by atoms with van der Waals surface area (Å²) in [7, 11) is -3.25. The first-order valence-electron chi connectivity index (χ1n) is 11.1. The Kier molecular flexibility index (Phi) is 6.93. The Labute approximate surface area is 193 Å². The predicted molar refractivity (Wildman–Crippen MR) is 131 cm³/mol. The fraction of sp³-hybridized carbons (Fsp3) is 0.417. The molecule has 0 radical (unpaired) electrons. The second kappa shape index (κ2) is 9.68. The lowest BCUT2D eigenvalue weighted by atomic mass is 9.96. The third-order valence-electron chi connectivity index (χ3n) is 6.00. The first-order valence-corrected chi connectivity index (χ1v) is 13.6. The number of aromatic nitrogens is 1. The third-order valence-corrected chi connectivity index (χ3v) is 8.98.